The lowest BCUT2D eigenvalue weighted by Gasteiger charge is -2.06. The van der Waals surface area contributed by atoms with Gasteiger partial charge in [-0.3, -0.25) is 4.79 Å². The van der Waals surface area contributed by atoms with Gasteiger partial charge in [-0.15, -0.1) is 11.3 Å². The topological polar surface area (TPSA) is 42.0 Å². The van der Waals surface area contributed by atoms with Gasteiger partial charge in [0.1, 0.15) is 10.7 Å². The average Bonchev–Trinajstić information content (AvgIpc) is 3.13. The summed E-state index contributed by atoms with van der Waals surface area (Å²) in [5, 5.41) is 7.73. The standard InChI is InChI=1S/C20H13BrN2OS/c21-17-8-4-7-14-11-15(9-10-16(14)17)22-19(24)18-12-25-20(23-18)13-5-2-1-3-6-13/h1-12H,(H,22,24). The number of rotatable bonds is 3. The molecule has 0 unspecified atom stereocenters. The molecule has 0 fully saturated rings. The van der Waals surface area contributed by atoms with Crippen molar-refractivity contribution in [2.75, 3.05) is 5.32 Å². The molecule has 0 atom stereocenters. The Morgan fingerprint density at radius 3 is 2.68 bits per heavy atom. The van der Waals surface area contributed by atoms with Crippen LogP contribution in [-0.4, -0.2) is 10.9 Å². The van der Waals surface area contributed by atoms with Gasteiger partial charge in [0.05, 0.1) is 0 Å². The molecule has 1 heterocycles. The zero-order valence-electron chi connectivity index (χ0n) is 13.1. The molecule has 0 radical (unpaired) electrons. The zero-order valence-corrected chi connectivity index (χ0v) is 15.5. The van der Waals surface area contributed by atoms with E-state index in [1.165, 1.54) is 11.3 Å². The molecule has 122 valence electrons. The van der Waals surface area contributed by atoms with Crippen molar-refractivity contribution >= 4 is 49.6 Å². The number of carbonyl (C=O) groups excluding carboxylic acids is 1. The Hall–Kier alpha value is -2.50. The normalized spacial score (nSPS) is 10.8. The van der Waals surface area contributed by atoms with Gasteiger partial charge in [-0.05, 0) is 29.0 Å². The van der Waals surface area contributed by atoms with Crippen molar-refractivity contribution in [2.45, 2.75) is 0 Å². The van der Waals surface area contributed by atoms with Crippen molar-refractivity contribution in [2.24, 2.45) is 0 Å². The Bertz CT molecular complexity index is 1060. The Balaban J connectivity index is 1.57. The first-order valence-electron chi connectivity index (χ1n) is 7.71. The van der Waals surface area contributed by atoms with Gasteiger partial charge in [0.25, 0.3) is 5.91 Å². The second-order valence-electron chi connectivity index (χ2n) is 5.53. The van der Waals surface area contributed by atoms with E-state index in [-0.39, 0.29) is 5.91 Å². The van der Waals surface area contributed by atoms with Crippen LogP contribution in [0.25, 0.3) is 21.3 Å². The van der Waals surface area contributed by atoms with Gasteiger partial charge < -0.3 is 5.32 Å². The van der Waals surface area contributed by atoms with Crippen LogP contribution >= 0.6 is 27.3 Å². The maximum Gasteiger partial charge on any atom is 0.275 e. The van der Waals surface area contributed by atoms with E-state index < -0.39 is 0 Å². The molecule has 5 heteroatoms. The first-order valence-corrected chi connectivity index (χ1v) is 9.38. The fourth-order valence-corrected chi connectivity index (χ4v) is 3.93. The van der Waals surface area contributed by atoms with Crippen LogP contribution in [0.3, 0.4) is 0 Å². The predicted octanol–water partition coefficient (Wildman–Crippen LogP) is 5.98. The third-order valence-electron chi connectivity index (χ3n) is 3.84. The summed E-state index contributed by atoms with van der Waals surface area (Å²) in [6.07, 6.45) is 0. The first-order chi connectivity index (χ1) is 12.2. The molecule has 0 bridgehead atoms. The van der Waals surface area contributed by atoms with Crippen molar-refractivity contribution < 1.29 is 4.79 Å². The van der Waals surface area contributed by atoms with Crippen LogP contribution in [-0.2, 0) is 0 Å². The lowest BCUT2D eigenvalue weighted by Crippen LogP contribution is -2.12. The van der Waals surface area contributed by atoms with Crippen LogP contribution in [0.2, 0.25) is 0 Å². The van der Waals surface area contributed by atoms with Crippen LogP contribution in [0.15, 0.2) is 76.6 Å². The third kappa shape index (κ3) is 3.34. The van der Waals surface area contributed by atoms with E-state index in [0.29, 0.717) is 5.69 Å². The first kappa shape index (κ1) is 16.0. The smallest absolute Gasteiger partial charge is 0.275 e. The molecule has 1 aromatic heterocycles. The number of carbonyl (C=O) groups is 1. The van der Waals surface area contributed by atoms with Crippen LogP contribution < -0.4 is 5.32 Å². The Kier molecular flexibility index (Phi) is 4.34. The highest BCUT2D eigenvalue weighted by Gasteiger charge is 2.12. The van der Waals surface area contributed by atoms with E-state index in [2.05, 4.69) is 26.2 Å². The lowest BCUT2D eigenvalue weighted by molar-refractivity contribution is 0.102. The van der Waals surface area contributed by atoms with Crippen molar-refractivity contribution in [3.8, 4) is 10.6 Å². The van der Waals surface area contributed by atoms with E-state index >= 15 is 0 Å². The number of hydrogen-bond donors (Lipinski definition) is 1. The second kappa shape index (κ2) is 6.78. The number of aromatic nitrogens is 1. The molecule has 3 nitrogen and oxygen atoms in total. The molecule has 0 saturated carbocycles. The predicted molar refractivity (Wildman–Crippen MR) is 107 cm³/mol. The van der Waals surface area contributed by atoms with Gasteiger partial charge in [-0.1, -0.05) is 64.5 Å². The summed E-state index contributed by atoms with van der Waals surface area (Å²) >= 11 is 5.01. The molecule has 0 aliphatic rings. The molecule has 0 spiro atoms. The van der Waals surface area contributed by atoms with Crippen molar-refractivity contribution in [1.29, 1.82) is 0 Å². The van der Waals surface area contributed by atoms with E-state index in [0.717, 1.165) is 31.5 Å². The van der Waals surface area contributed by atoms with E-state index in [4.69, 9.17) is 0 Å². The number of halogens is 1. The highest BCUT2D eigenvalue weighted by Crippen LogP contribution is 2.27. The van der Waals surface area contributed by atoms with E-state index in [1.807, 2.05) is 66.7 Å². The van der Waals surface area contributed by atoms with Crippen LogP contribution in [0.4, 0.5) is 5.69 Å². The van der Waals surface area contributed by atoms with Gasteiger partial charge >= 0.3 is 0 Å². The van der Waals surface area contributed by atoms with Crippen LogP contribution in [0.1, 0.15) is 10.5 Å². The van der Waals surface area contributed by atoms with Gasteiger partial charge in [-0.2, -0.15) is 0 Å². The van der Waals surface area contributed by atoms with Crippen LogP contribution in [0, 0.1) is 0 Å². The van der Waals surface area contributed by atoms with Crippen molar-refractivity contribution in [1.82, 2.24) is 4.98 Å². The van der Waals surface area contributed by atoms with Gasteiger partial charge in [0, 0.05) is 21.1 Å². The fraction of sp³-hybridized carbons (Fsp3) is 0. The molecule has 4 aromatic rings. The number of nitrogens with zero attached hydrogens (tertiary/aromatic N) is 1. The molecule has 25 heavy (non-hydrogen) atoms. The SMILES string of the molecule is O=C(Nc1ccc2c(Br)cccc2c1)c1csc(-c2ccccc2)n1. The average molecular weight is 409 g/mol. The molecule has 0 saturated heterocycles. The minimum absolute atomic E-state index is 0.201. The summed E-state index contributed by atoms with van der Waals surface area (Å²) < 4.78 is 1.04. The number of anilines is 1. The number of fused-ring (bicyclic) bond motifs is 1. The number of nitrogens with one attached hydrogen (secondary N) is 1. The fourth-order valence-electron chi connectivity index (χ4n) is 2.61. The van der Waals surface area contributed by atoms with Crippen molar-refractivity contribution in [3.05, 3.63) is 82.3 Å². The van der Waals surface area contributed by atoms with Crippen LogP contribution in [0.5, 0.6) is 0 Å². The molecule has 4 rings (SSSR count). The summed E-state index contributed by atoms with van der Waals surface area (Å²) in [5.41, 5.74) is 2.20. The minimum atomic E-state index is -0.201. The molecule has 1 amide bonds. The zero-order chi connectivity index (χ0) is 17.2. The Morgan fingerprint density at radius 2 is 1.84 bits per heavy atom. The molecule has 0 aliphatic carbocycles. The van der Waals surface area contributed by atoms with Gasteiger partial charge in [0.15, 0.2) is 0 Å². The summed E-state index contributed by atoms with van der Waals surface area (Å²) in [6, 6.07) is 21.7. The summed E-state index contributed by atoms with van der Waals surface area (Å²) in [6.45, 7) is 0. The molecule has 1 N–H and O–H groups in total. The summed E-state index contributed by atoms with van der Waals surface area (Å²) in [4.78, 5) is 16.9. The lowest BCUT2D eigenvalue weighted by atomic mass is 10.1. The van der Waals surface area contributed by atoms with Crippen molar-refractivity contribution in [3.63, 3.8) is 0 Å². The monoisotopic (exact) mass is 408 g/mol. The second-order valence-corrected chi connectivity index (χ2v) is 7.25. The van der Waals surface area contributed by atoms with Gasteiger partial charge in [0.2, 0.25) is 0 Å². The minimum Gasteiger partial charge on any atom is -0.321 e. The van der Waals surface area contributed by atoms with E-state index in [1.54, 1.807) is 5.38 Å². The molecular formula is C20H13BrN2OS. The Labute approximate surface area is 157 Å². The van der Waals surface area contributed by atoms with E-state index in [9.17, 15) is 4.79 Å². The van der Waals surface area contributed by atoms with Gasteiger partial charge in [-0.25, -0.2) is 4.98 Å². The largest absolute Gasteiger partial charge is 0.321 e. The molecular weight excluding hydrogens is 396 g/mol. The maximum absolute atomic E-state index is 12.5. The summed E-state index contributed by atoms with van der Waals surface area (Å²) in [7, 11) is 0. The maximum atomic E-state index is 12.5. The highest BCUT2D eigenvalue weighted by atomic mass is 79.9. The quantitative estimate of drug-likeness (QED) is 0.453. The third-order valence-corrected chi connectivity index (χ3v) is 5.43. The number of hydrogen-bond acceptors (Lipinski definition) is 3. The Morgan fingerprint density at radius 1 is 1.00 bits per heavy atom. The molecule has 3 aromatic carbocycles. The number of benzene rings is 3. The number of thiazole rings is 1. The highest BCUT2D eigenvalue weighted by molar-refractivity contribution is 9.10. The molecule has 0 aliphatic heterocycles. The number of amides is 1. The summed E-state index contributed by atoms with van der Waals surface area (Å²) in [5.74, 6) is -0.201.